The Morgan fingerprint density at radius 2 is 1.80 bits per heavy atom. The highest BCUT2D eigenvalue weighted by Crippen LogP contribution is 2.20. The van der Waals surface area contributed by atoms with Gasteiger partial charge in [-0.05, 0) is 31.4 Å². The molecule has 1 nitrogen and oxygen atoms in total. The summed E-state index contributed by atoms with van der Waals surface area (Å²) < 4.78 is 0. The largest absolute Gasteiger partial charge is 0.350 e. The Bertz CT molecular complexity index is 400. The first-order valence-electron chi connectivity index (χ1n) is 8.05. The number of rotatable bonds is 9. The molecule has 0 aliphatic rings. The summed E-state index contributed by atoms with van der Waals surface area (Å²) in [5.41, 5.74) is 2.41. The lowest BCUT2D eigenvalue weighted by atomic mass is 9.97. The minimum atomic E-state index is 0.520. The summed E-state index contributed by atoms with van der Waals surface area (Å²) in [6, 6.07) is 8.35. The van der Waals surface area contributed by atoms with Crippen LogP contribution in [0, 0.1) is 12.8 Å². The van der Waals surface area contributed by atoms with E-state index in [0.717, 1.165) is 17.1 Å². The lowest BCUT2D eigenvalue weighted by molar-refractivity contribution is 0.536. The first-order valence-corrected chi connectivity index (χ1v) is 8.46. The average Bonchev–Trinajstić information content (AvgIpc) is 2.45. The fourth-order valence-electron chi connectivity index (χ4n) is 2.46. The minimum absolute atomic E-state index is 0.520. The van der Waals surface area contributed by atoms with E-state index in [2.05, 4.69) is 50.4 Å². The van der Waals surface area contributed by atoms with E-state index in [4.69, 9.17) is 12.2 Å². The standard InChI is InChI=1S/C18H29NS/c1-4-6-7-8-9-13-16(5-2)18(20)19-17-14-11-10-12-15(17)3/h10-12,14,16H,4-9,13H2,1-3H3,(H,19,20). The number of anilines is 1. The summed E-state index contributed by atoms with van der Waals surface area (Å²) >= 11 is 5.61. The number of hydrogen-bond acceptors (Lipinski definition) is 1. The van der Waals surface area contributed by atoms with E-state index in [1.165, 1.54) is 44.1 Å². The van der Waals surface area contributed by atoms with Crippen molar-refractivity contribution >= 4 is 22.9 Å². The van der Waals surface area contributed by atoms with Gasteiger partial charge in [-0.3, -0.25) is 0 Å². The van der Waals surface area contributed by atoms with Crippen molar-refractivity contribution in [1.82, 2.24) is 0 Å². The monoisotopic (exact) mass is 291 g/mol. The van der Waals surface area contributed by atoms with Gasteiger partial charge in [-0.1, -0.05) is 76.4 Å². The first-order chi connectivity index (χ1) is 9.69. The molecule has 0 saturated heterocycles. The van der Waals surface area contributed by atoms with Crippen LogP contribution in [0.3, 0.4) is 0 Å². The Morgan fingerprint density at radius 1 is 1.10 bits per heavy atom. The minimum Gasteiger partial charge on any atom is -0.350 e. The predicted octanol–water partition coefficient (Wildman–Crippen LogP) is 6.12. The summed E-state index contributed by atoms with van der Waals surface area (Å²) in [4.78, 5) is 1.01. The Hall–Kier alpha value is -0.890. The van der Waals surface area contributed by atoms with Gasteiger partial charge in [0, 0.05) is 11.6 Å². The van der Waals surface area contributed by atoms with Gasteiger partial charge in [0.2, 0.25) is 0 Å². The Morgan fingerprint density at radius 3 is 2.45 bits per heavy atom. The lowest BCUT2D eigenvalue weighted by Crippen LogP contribution is -2.20. The Balaban J connectivity index is 2.41. The van der Waals surface area contributed by atoms with Gasteiger partial charge in [-0.2, -0.15) is 0 Å². The number of unbranched alkanes of at least 4 members (excludes halogenated alkanes) is 4. The van der Waals surface area contributed by atoms with Gasteiger partial charge in [0.25, 0.3) is 0 Å². The van der Waals surface area contributed by atoms with Crippen molar-refractivity contribution in [2.45, 2.75) is 65.7 Å². The predicted molar refractivity (Wildman–Crippen MR) is 94.6 cm³/mol. The van der Waals surface area contributed by atoms with Crippen molar-refractivity contribution in [3.63, 3.8) is 0 Å². The summed E-state index contributed by atoms with van der Waals surface area (Å²) in [5, 5.41) is 3.44. The second-order valence-corrected chi connectivity index (χ2v) is 6.05. The van der Waals surface area contributed by atoms with E-state index in [9.17, 15) is 0 Å². The van der Waals surface area contributed by atoms with Crippen LogP contribution in [-0.4, -0.2) is 4.99 Å². The topological polar surface area (TPSA) is 12.0 Å². The molecule has 0 amide bonds. The zero-order chi connectivity index (χ0) is 14.8. The summed E-state index contributed by atoms with van der Waals surface area (Å²) in [6.07, 6.45) is 9.03. The molecule has 0 spiro atoms. The molecule has 1 aromatic carbocycles. The molecule has 0 aliphatic carbocycles. The number of benzene rings is 1. The molecule has 1 aromatic rings. The number of hydrogen-bond donors (Lipinski definition) is 1. The molecule has 0 aromatic heterocycles. The Kier molecular flexibility index (Phi) is 8.52. The van der Waals surface area contributed by atoms with Crippen LogP contribution in [0.4, 0.5) is 5.69 Å². The third-order valence-corrected chi connectivity index (χ3v) is 4.36. The van der Waals surface area contributed by atoms with E-state index >= 15 is 0 Å². The quantitative estimate of drug-likeness (QED) is 0.434. The maximum absolute atomic E-state index is 5.61. The van der Waals surface area contributed by atoms with Crippen LogP contribution in [0.5, 0.6) is 0 Å². The fraction of sp³-hybridized carbons (Fsp3) is 0.611. The normalized spacial score (nSPS) is 12.2. The molecule has 1 unspecified atom stereocenters. The highest BCUT2D eigenvalue weighted by molar-refractivity contribution is 7.80. The molecule has 0 saturated carbocycles. The van der Waals surface area contributed by atoms with Gasteiger partial charge < -0.3 is 5.32 Å². The zero-order valence-electron chi connectivity index (χ0n) is 13.2. The molecule has 20 heavy (non-hydrogen) atoms. The molecule has 0 bridgehead atoms. The molecule has 1 N–H and O–H groups in total. The zero-order valence-corrected chi connectivity index (χ0v) is 14.1. The molecule has 2 heteroatoms. The molecule has 112 valence electrons. The maximum Gasteiger partial charge on any atom is 0.0828 e. The molecule has 1 rings (SSSR count). The maximum atomic E-state index is 5.61. The SMILES string of the molecule is CCCCCCCC(CC)C(=S)Nc1ccccc1C. The average molecular weight is 292 g/mol. The third-order valence-electron chi connectivity index (χ3n) is 3.92. The van der Waals surface area contributed by atoms with Crippen molar-refractivity contribution in [3.8, 4) is 0 Å². The highest BCUT2D eigenvalue weighted by Gasteiger charge is 2.12. The van der Waals surface area contributed by atoms with E-state index in [0.29, 0.717) is 5.92 Å². The number of para-hydroxylation sites is 1. The van der Waals surface area contributed by atoms with Crippen LogP contribution in [0.15, 0.2) is 24.3 Å². The second-order valence-electron chi connectivity index (χ2n) is 5.61. The van der Waals surface area contributed by atoms with Gasteiger partial charge >= 0.3 is 0 Å². The van der Waals surface area contributed by atoms with E-state index in [1.807, 2.05) is 0 Å². The third kappa shape index (κ3) is 6.04. The number of aryl methyl sites for hydroxylation is 1. The van der Waals surface area contributed by atoms with Gasteiger partial charge in [0.1, 0.15) is 0 Å². The second kappa shape index (κ2) is 9.93. The van der Waals surface area contributed by atoms with Crippen molar-refractivity contribution in [2.24, 2.45) is 5.92 Å². The van der Waals surface area contributed by atoms with Gasteiger partial charge in [0.15, 0.2) is 0 Å². The summed E-state index contributed by atoms with van der Waals surface area (Å²) in [6.45, 7) is 6.62. The molecule has 0 radical (unpaired) electrons. The van der Waals surface area contributed by atoms with Crippen molar-refractivity contribution in [2.75, 3.05) is 5.32 Å². The number of nitrogens with one attached hydrogen (secondary N) is 1. The molecule has 0 heterocycles. The van der Waals surface area contributed by atoms with Crippen LogP contribution in [0.25, 0.3) is 0 Å². The molecule has 0 fully saturated rings. The van der Waals surface area contributed by atoms with Gasteiger partial charge in [-0.15, -0.1) is 0 Å². The summed E-state index contributed by atoms with van der Waals surface area (Å²) in [5.74, 6) is 0.520. The van der Waals surface area contributed by atoms with Crippen molar-refractivity contribution in [3.05, 3.63) is 29.8 Å². The van der Waals surface area contributed by atoms with E-state index in [-0.39, 0.29) is 0 Å². The fourth-order valence-corrected chi connectivity index (χ4v) is 2.86. The Labute approximate surface area is 130 Å². The van der Waals surface area contributed by atoms with Crippen LogP contribution < -0.4 is 5.32 Å². The molecular formula is C18H29NS. The van der Waals surface area contributed by atoms with E-state index < -0.39 is 0 Å². The number of thiocarbonyl (C=S) groups is 1. The van der Waals surface area contributed by atoms with Gasteiger partial charge in [-0.25, -0.2) is 0 Å². The highest BCUT2D eigenvalue weighted by atomic mass is 32.1. The first kappa shape index (κ1) is 17.2. The van der Waals surface area contributed by atoms with E-state index in [1.54, 1.807) is 0 Å². The van der Waals surface area contributed by atoms with Gasteiger partial charge in [0.05, 0.1) is 4.99 Å². The molecule has 0 aliphatic heterocycles. The van der Waals surface area contributed by atoms with Crippen LogP contribution in [-0.2, 0) is 0 Å². The molecular weight excluding hydrogens is 262 g/mol. The van der Waals surface area contributed by atoms with Crippen LogP contribution in [0.1, 0.15) is 64.4 Å². The molecule has 1 atom stereocenters. The van der Waals surface area contributed by atoms with Crippen LogP contribution in [0.2, 0.25) is 0 Å². The van der Waals surface area contributed by atoms with Crippen LogP contribution >= 0.6 is 12.2 Å². The van der Waals surface area contributed by atoms with Crippen molar-refractivity contribution in [1.29, 1.82) is 0 Å². The van der Waals surface area contributed by atoms with Crippen molar-refractivity contribution < 1.29 is 0 Å². The lowest BCUT2D eigenvalue weighted by Gasteiger charge is -2.19. The smallest absolute Gasteiger partial charge is 0.0828 e. The summed E-state index contributed by atoms with van der Waals surface area (Å²) in [7, 11) is 0.